The number of rotatable bonds is 1. The van der Waals surface area contributed by atoms with Crippen molar-refractivity contribution in [3.63, 3.8) is 0 Å². The number of hydrogen-bond donors (Lipinski definition) is 1. The van der Waals surface area contributed by atoms with Gasteiger partial charge in [-0.25, -0.2) is 0 Å². The topological polar surface area (TPSA) is 24.9 Å². The molecule has 0 atom stereocenters. The van der Waals surface area contributed by atoms with E-state index in [2.05, 4.69) is 22.8 Å². The molecule has 0 aliphatic carbocycles. The minimum Gasteiger partial charge on any atom is -0.355 e. The number of aromatic nitrogens is 1. The summed E-state index contributed by atoms with van der Waals surface area (Å²) in [5.74, 6) is 0. The van der Waals surface area contributed by atoms with Gasteiger partial charge in [-0.05, 0) is 35.9 Å². The van der Waals surface area contributed by atoms with Gasteiger partial charge in [0.15, 0.2) is 0 Å². The van der Waals surface area contributed by atoms with Gasteiger partial charge in [-0.15, -0.1) is 0 Å². The second kappa shape index (κ2) is 5.31. The van der Waals surface area contributed by atoms with Crippen LogP contribution in [-0.2, 0) is 0 Å². The number of allylic oxidation sites excluding steroid dienone is 1. The number of anilines is 1. The van der Waals surface area contributed by atoms with E-state index in [9.17, 15) is 0 Å². The second-order valence-electron chi connectivity index (χ2n) is 5.12. The summed E-state index contributed by atoms with van der Waals surface area (Å²) < 4.78 is 0. The SMILES string of the molecule is Clc1ccc2c(c1)NC(c1ccnc3cc(Cl)ccc13)=C[CH]2. The van der Waals surface area contributed by atoms with Crippen LogP contribution in [0.2, 0.25) is 10.0 Å². The minimum atomic E-state index is 0.687. The first-order valence-corrected chi connectivity index (χ1v) is 7.62. The number of nitrogens with zero attached hydrogens (tertiary/aromatic N) is 1. The first kappa shape index (κ1) is 13.6. The Morgan fingerprint density at radius 2 is 1.73 bits per heavy atom. The Hall–Kier alpha value is -2.03. The van der Waals surface area contributed by atoms with E-state index in [-0.39, 0.29) is 0 Å². The normalized spacial score (nSPS) is 13.5. The molecule has 2 heterocycles. The summed E-state index contributed by atoms with van der Waals surface area (Å²) in [6.07, 6.45) is 5.95. The predicted molar refractivity (Wildman–Crippen MR) is 93.2 cm³/mol. The van der Waals surface area contributed by atoms with Crippen molar-refractivity contribution >= 4 is 45.5 Å². The number of hydrogen-bond acceptors (Lipinski definition) is 2. The van der Waals surface area contributed by atoms with E-state index in [1.165, 1.54) is 0 Å². The number of benzene rings is 2. The molecule has 2 nitrogen and oxygen atoms in total. The lowest BCUT2D eigenvalue weighted by molar-refractivity contribution is 1.38. The van der Waals surface area contributed by atoms with Gasteiger partial charge >= 0.3 is 0 Å². The van der Waals surface area contributed by atoms with Gasteiger partial charge in [-0.3, -0.25) is 4.98 Å². The minimum absolute atomic E-state index is 0.687. The highest BCUT2D eigenvalue weighted by molar-refractivity contribution is 6.31. The zero-order valence-corrected chi connectivity index (χ0v) is 13.0. The van der Waals surface area contributed by atoms with Crippen LogP contribution in [0.5, 0.6) is 0 Å². The largest absolute Gasteiger partial charge is 0.355 e. The Morgan fingerprint density at radius 1 is 0.909 bits per heavy atom. The Morgan fingerprint density at radius 3 is 2.64 bits per heavy atom. The Bertz CT molecular complexity index is 916. The van der Waals surface area contributed by atoms with Gasteiger partial charge < -0.3 is 5.32 Å². The van der Waals surface area contributed by atoms with E-state index in [0.29, 0.717) is 10.0 Å². The molecule has 0 fully saturated rings. The van der Waals surface area contributed by atoms with Crippen molar-refractivity contribution in [2.45, 2.75) is 0 Å². The molecule has 0 bridgehead atoms. The van der Waals surface area contributed by atoms with Gasteiger partial charge in [-0.1, -0.05) is 41.4 Å². The van der Waals surface area contributed by atoms with Crippen molar-refractivity contribution in [3.05, 3.63) is 82.3 Å². The van der Waals surface area contributed by atoms with Crippen LogP contribution in [0.1, 0.15) is 11.1 Å². The summed E-state index contributed by atoms with van der Waals surface area (Å²) in [7, 11) is 0. The molecular formula is C18H11Cl2N2. The average Bonchev–Trinajstić information content (AvgIpc) is 2.53. The van der Waals surface area contributed by atoms with Crippen molar-refractivity contribution in [2.75, 3.05) is 5.32 Å². The lowest BCUT2D eigenvalue weighted by Gasteiger charge is -2.20. The van der Waals surface area contributed by atoms with Gasteiger partial charge in [0.05, 0.1) is 5.52 Å². The van der Waals surface area contributed by atoms with Gasteiger partial charge in [0.2, 0.25) is 0 Å². The molecule has 2 aromatic carbocycles. The van der Waals surface area contributed by atoms with Gasteiger partial charge in [0.1, 0.15) is 0 Å². The number of fused-ring (bicyclic) bond motifs is 2. The molecule has 3 aromatic rings. The second-order valence-corrected chi connectivity index (χ2v) is 6.00. The summed E-state index contributed by atoms with van der Waals surface area (Å²) in [4.78, 5) is 4.39. The first-order valence-electron chi connectivity index (χ1n) is 6.87. The van der Waals surface area contributed by atoms with Crippen LogP contribution in [0.25, 0.3) is 16.6 Å². The maximum atomic E-state index is 6.08. The molecule has 1 aliphatic rings. The van der Waals surface area contributed by atoms with E-state index in [1.54, 1.807) is 6.20 Å². The van der Waals surface area contributed by atoms with Gasteiger partial charge in [-0.2, -0.15) is 0 Å². The third-order valence-corrected chi connectivity index (χ3v) is 4.18. The molecule has 1 aromatic heterocycles. The van der Waals surface area contributed by atoms with E-state index >= 15 is 0 Å². The molecule has 4 rings (SSSR count). The maximum absolute atomic E-state index is 6.08. The highest BCUT2D eigenvalue weighted by atomic mass is 35.5. The Labute approximate surface area is 138 Å². The van der Waals surface area contributed by atoms with Crippen molar-refractivity contribution in [2.24, 2.45) is 0 Å². The van der Waals surface area contributed by atoms with Crippen molar-refractivity contribution in [1.82, 2.24) is 4.98 Å². The zero-order valence-electron chi connectivity index (χ0n) is 11.5. The van der Waals surface area contributed by atoms with E-state index in [0.717, 1.165) is 33.4 Å². The van der Waals surface area contributed by atoms with Crippen LogP contribution in [0.15, 0.2) is 54.7 Å². The quantitative estimate of drug-likeness (QED) is 0.633. The van der Waals surface area contributed by atoms with E-state index < -0.39 is 0 Å². The van der Waals surface area contributed by atoms with E-state index in [1.807, 2.05) is 42.5 Å². The monoisotopic (exact) mass is 325 g/mol. The fourth-order valence-corrected chi connectivity index (χ4v) is 2.99. The predicted octanol–water partition coefficient (Wildman–Crippen LogP) is 5.56. The van der Waals surface area contributed by atoms with Crippen LogP contribution in [0, 0.1) is 6.42 Å². The van der Waals surface area contributed by atoms with Crippen molar-refractivity contribution < 1.29 is 0 Å². The molecule has 1 radical (unpaired) electrons. The van der Waals surface area contributed by atoms with Gasteiger partial charge in [0.25, 0.3) is 0 Å². The highest BCUT2D eigenvalue weighted by Gasteiger charge is 2.14. The van der Waals surface area contributed by atoms with Gasteiger partial charge in [0, 0.05) is 45.0 Å². The molecule has 22 heavy (non-hydrogen) atoms. The first-order chi connectivity index (χ1) is 10.7. The fraction of sp³-hybridized carbons (Fsp3) is 0. The van der Waals surface area contributed by atoms with Crippen LogP contribution < -0.4 is 5.32 Å². The number of halogens is 2. The molecule has 1 aliphatic heterocycles. The summed E-state index contributed by atoms with van der Waals surface area (Å²) >= 11 is 12.1. The van der Waals surface area contributed by atoms with Crippen molar-refractivity contribution in [3.8, 4) is 0 Å². The van der Waals surface area contributed by atoms with E-state index in [4.69, 9.17) is 23.2 Å². The molecule has 107 valence electrons. The molecule has 0 saturated heterocycles. The molecule has 1 N–H and O–H groups in total. The summed E-state index contributed by atoms with van der Waals surface area (Å²) in [5, 5.41) is 5.91. The molecule has 4 heteroatoms. The average molecular weight is 326 g/mol. The van der Waals surface area contributed by atoms with Crippen molar-refractivity contribution in [1.29, 1.82) is 0 Å². The maximum Gasteiger partial charge on any atom is 0.0723 e. The fourth-order valence-electron chi connectivity index (χ4n) is 2.66. The molecule has 0 saturated carbocycles. The van der Waals surface area contributed by atoms with Crippen LogP contribution in [0.3, 0.4) is 0 Å². The lowest BCUT2D eigenvalue weighted by Crippen LogP contribution is -2.06. The smallest absolute Gasteiger partial charge is 0.0723 e. The summed E-state index contributed by atoms with van der Waals surface area (Å²) in [5.41, 5.74) is 5.11. The molecule has 0 spiro atoms. The van der Waals surface area contributed by atoms with Crippen LogP contribution >= 0.6 is 23.2 Å². The zero-order chi connectivity index (χ0) is 15.1. The standard InChI is InChI=1S/C18H11Cl2N2/c19-12-3-1-11-2-6-16(22-17(11)9-12)15-7-8-21-18-10-13(20)4-5-14(15)18/h1-10,22H. The lowest BCUT2D eigenvalue weighted by atomic mass is 9.99. The Balaban J connectivity index is 1.82. The van der Waals surface area contributed by atoms with Crippen LogP contribution in [0.4, 0.5) is 5.69 Å². The summed E-state index contributed by atoms with van der Waals surface area (Å²) in [6.45, 7) is 0. The number of nitrogens with one attached hydrogen (secondary N) is 1. The van der Waals surface area contributed by atoms with Crippen LogP contribution in [-0.4, -0.2) is 4.98 Å². The third-order valence-electron chi connectivity index (χ3n) is 3.71. The number of pyridine rings is 1. The molecule has 0 amide bonds. The summed E-state index contributed by atoms with van der Waals surface area (Å²) in [6, 6.07) is 13.6. The molecular weight excluding hydrogens is 315 g/mol. The molecule has 0 unspecified atom stereocenters. The Kier molecular flexibility index (Phi) is 3.29. The third kappa shape index (κ3) is 2.35. The highest BCUT2D eigenvalue weighted by Crippen LogP contribution is 2.33.